The van der Waals surface area contributed by atoms with Crippen LogP contribution in [0, 0.1) is 19.7 Å². The number of nitrogen functional groups attached to an aromatic ring is 2. The molecule has 40 heavy (non-hydrogen) atoms. The number of nitrogens with two attached hydrogens (primary N) is 2. The molecule has 0 bridgehead atoms. The van der Waals surface area contributed by atoms with E-state index in [0.29, 0.717) is 39.5 Å². The molecule has 0 radical (unpaired) electrons. The van der Waals surface area contributed by atoms with Gasteiger partial charge in [-0.3, -0.25) is 19.8 Å². The Morgan fingerprint density at radius 3 is 1.70 bits per heavy atom. The number of aromatic amines is 2. The van der Waals surface area contributed by atoms with E-state index in [4.69, 9.17) is 23.1 Å². The second-order valence-electron chi connectivity index (χ2n) is 8.99. The zero-order valence-electron chi connectivity index (χ0n) is 21.4. The van der Waals surface area contributed by atoms with Gasteiger partial charge >= 0.3 is 0 Å². The van der Waals surface area contributed by atoms with Gasteiger partial charge in [-0.25, -0.2) is 14.4 Å². The number of aryl methyl sites for hydroxylation is 2. The highest BCUT2D eigenvalue weighted by molar-refractivity contribution is 6.31. The summed E-state index contributed by atoms with van der Waals surface area (Å²) in [4.78, 5) is 41.1. The Balaban J connectivity index is 0.000000161. The Kier molecular flexibility index (Phi) is 7.05. The molecule has 0 aliphatic carbocycles. The van der Waals surface area contributed by atoms with E-state index in [2.05, 4.69) is 30.1 Å². The maximum Gasteiger partial charge on any atom is 0.277 e. The predicted octanol–water partition coefficient (Wildman–Crippen LogP) is 2.59. The SMILES string of the molecule is Cc1nc2nc(N)[nH]n2c(=O)c1Cc1ccccc1Cl.Cc1nc2nc(N)[nH]n2c(=O)c1Cc1ccccc1F. The van der Waals surface area contributed by atoms with E-state index in [-0.39, 0.29) is 46.8 Å². The van der Waals surface area contributed by atoms with Crippen molar-refractivity contribution < 1.29 is 4.39 Å². The van der Waals surface area contributed by atoms with Gasteiger partial charge in [0.05, 0.1) is 11.4 Å². The Labute approximate surface area is 230 Å². The van der Waals surface area contributed by atoms with Gasteiger partial charge < -0.3 is 11.5 Å². The average Bonchev–Trinajstić information content (AvgIpc) is 3.48. The molecule has 0 aliphatic rings. The number of H-pyrrole nitrogens is 2. The number of nitrogens with one attached hydrogen (secondary N) is 2. The summed E-state index contributed by atoms with van der Waals surface area (Å²) < 4.78 is 16.1. The maximum atomic E-state index is 13.7. The lowest BCUT2D eigenvalue weighted by molar-refractivity contribution is 0.613. The van der Waals surface area contributed by atoms with Crippen LogP contribution in [0.3, 0.4) is 0 Å². The lowest BCUT2D eigenvalue weighted by Gasteiger charge is -2.06. The molecule has 0 unspecified atom stereocenters. The Hall–Kier alpha value is -5.04. The van der Waals surface area contributed by atoms with E-state index in [9.17, 15) is 14.0 Å². The third kappa shape index (κ3) is 5.14. The number of aromatic nitrogens is 8. The van der Waals surface area contributed by atoms with Crippen molar-refractivity contribution in [2.45, 2.75) is 26.7 Å². The molecule has 204 valence electrons. The third-order valence-electron chi connectivity index (χ3n) is 6.28. The Bertz CT molecular complexity index is 1850. The fourth-order valence-corrected chi connectivity index (χ4v) is 4.42. The fraction of sp³-hybridized carbons (Fsp3) is 0.154. The highest BCUT2D eigenvalue weighted by Gasteiger charge is 2.15. The van der Waals surface area contributed by atoms with Crippen LogP contribution >= 0.6 is 11.6 Å². The molecule has 0 amide bonds. The van der Waals surface area contributed by atoms with Crippen LogP contribution in [0.25, 0.3) is 11.6 Å². The molecule has 6 N–H and O–H groups in total. The molecule has 2 aromatic carbocycles. The summed E-state index contributed by atoms with van der Waals surface area (Å²) in [5.74, 6) is 0.400. The number of hydrogen-bond acceptors (Lipinski definition) is 8. The smallest absolute Gasteiger partial charge is 0.277 e. The van der Waals surface area contributed by atoms with E-state index in [1.54, 1.807) is 38.1 Å². The van der Waals surface area contributed by atoms with Gasteiger partial charge in [0.1, 0.15) is 5.82 Å². The average molecular weight is 563 g/mol. The predicted molar refractivity (Wildman–Crippen MR) is 149 cm³/mol. The van der Waals surface area contributed by atoms with Crippen LogP contribution in [0.15, 0.2) is 58.1 Å². The monoisotopic (exact) mass is 562 g/mol. The van der Waals surface area contributed by atoms with Crippen molar-refractivity contribution in [2.75, 3.05) is 11.5 Å². The van der Waals surface area contributed by atoms with Gasteiger partial charge in [-0.2, -0.15) is 19.0 Å². The molecule has 6 rings (SSSR count). The summed E-state index contributed by atoms with van der Waals surface area (Å²) >= 11 is 6.13. The van der Waals surface area contributed by atoms with Gasteiger partial charge in [-0.05, 0) is 37.1 Å². The fourth-order valence-electron chi connectivity index (χ4n) is 4.21. The van der Waals surface area contributed by atoms with Crippen molar-refractivity contribution >= 4 is 35.1 Å². The van der Waals surface area contributed by atoms with Crippen LogP contribution in [0.1, 0.15) is 33.6 Å². The lowest BCUT2D eigenvalue weighted by Crippen LogP contribution is -2.22. The van der Waals surface area contributed by atoms with Crippen LogP contribution in [-0.4, -0.2) is 39.2 Å². The van der Waals surface area contributed by atoms with Crippen molar-refractivity contribution in [1.82, 2.24) is 39.2 Å². The van der Waals surface area contributed by atoms with E-state index in [1.807, 2.05) is 18.2 Å². The first-order valence-electron chi connectivity index (χ1n) is 12.1. The van der Waals surface area contributed by atoms with E-state index >= 15 is 0 Å². The summed E-state index contributed by atoms with van der Waals surface area (Å²) in [6.45, 7) is 3.47. The van der Waals surface area contributed by atoms with Crippen LogP contribution < -0.4 is 22.6 Å². The molecule has 0 aliphatic heterocycles. The first-order valence-corrected chi connectivity index (χ1v) is 12.4. The minimum absolute atomic E-state index is 0.108. The van der Waals surface area contributed by atoms with Gasteiger partial charge in [-0.15, -0.1) is 0 Å². The standard InChI is InChI=1S/C13H12ClN5O.C13H12FN5O/c2*1-7-9(6-8-4-2-3-5-10(8)14)11(20)19-13(16-7)17-12(15)18-19/h2*2-5H,6H2,1H3,(H3,15,16,17,18). The number of nitrogens with zero attached hydrogens (tertiary/aromatic N) is 6. The molecular formula is C26H24ClFN10O2. The first-order chi connectivity index (χ1) is 19.1. The molecule has 4 aromatic heterocycles. The Morgan fingerprint density at radius 1 is 0.750 bits per heavy atom. The molecule has 0 fully saturated rings. The van der Waals surface area contributed by atoms with Gasteiger partial charge in [0.25, 0.3) is 22.7 Å². The lowest BCUT2D eigenvalue weighted by atomic mass is 10.0. The number of rotatable bonds is 4. The van der Waals surface area contributed by atoms with Crippen molar-refractivity contribution in [2.24, 2.45) is 0 Å². The first kappa shape index (κ1) is 26.6. The van der Waals surface area contributed by atoms with E-state index < -0.39 is 0 Å². The minimum atomic E-state index is -0.347. The van der Waals surface area contributed by atoms with Crippen LogP contribution in [0.2, 0.25) is 5.02 Å². The summed E-state index contributed by atoms with van der Waals surface area (Å²) in [5.41, 5.74) is 14.0. The molecule has 14 heteroatoms. The molecule has 12 nitrogen and oxygen atoms in total. The van der Waals surface area contributed by atoms with Gasteiger partial charge in [0, 0.05) is 29.0 Å². The van der Waals surface area contributed by atoms with Gasteiger partial charge in [0.15, 0.2) is 0 Å². The Morgan fingerprint density at radius 2 is 1.20 bits per heavy atom. The zero-order chi connectivity index (χ0) is 28.6. The molecule has 4 heterocycles. The molecular weight excluding hydrogens is 539 g/mol. The van der Waals surface area contributed by atoms with Gasteiger partial charge in [-0.1, -0.05) is 48.0 Å². The second-order valence-corrected chi connectivity index (χ2v) is 9.39. The van der Waals surface area contributed by atoms with E-state index in [0.717, 1.165) is 5.56 Å². The van der Waals surface area contributed by atoms with Crippen LogP contribution in [0.5, 0.6) is 0 Å². The highest BCUT2D eigenvalue weighted by Crippen LogP contribution is 2.19. The van der Waals surface area contributed by atoms with Crippen molar-refractivity contribution in [3.63, 3.8) is 0 Å². The number of fused-ring (bicyclic) bond motifs is 2. The largest absolute Gasteiger partial charge is 0.368 e. The molecule has 0 spiro atoms. The maximum absolute atomic E-state index is 13.7. The summed E-state index contributed by atoms with van der Waals surface area (Å²) in [6, 6.07) is 13.8. The van der Waals surface area contributed by atoms with Crippen molar-refractivity contribution in [3.05, 3.63) is 114 Å². The molecule has 0 saturated heterocycles. The number of benzene rings is 2. The summed E-state index contributed by atoms with van der Waals surface area (Å²) in [6.07, 6.45) is 0.589. The minimum Gasteiger partial charge on any atom is -0.368 e. The third-order valence-corrected chi connectivity index (χ3v) is 6.64. The zero-order valence-corrected chi connectivity index (χ0v) is 22.2. The normalized spacial score (nSPS) is 11.1. The molecule has 6 aromatic rings. The number of anilines is 2. The van der Waals surface area contributed by atoms with Gasteiger partial charge in [0.2, 0.25) is 11.9 Å². The topological polar surface area (TPSA) is 178 Å². The van der Waals surface area contributed by atoms with Crippen molar-refractivity contribution in [3.8, 4) is 0 Å². The van der Waals surface area contributed by atoms with Crippen molar-refractivity contribution in [1.29, 1.82) is 0 Å². The number of hydrogen-bond donors (Lipinski definition) is 4. The molecule has 0 atom stereocenters. The summed E-state index contributed by atoms with van der Waals surface area (Å²) in [5, 5.41) is 5.90. The van der Waals surface area contributed by atoms with Crippen LogP contribution in [0.4, 0.5) is 16.3 Å². The second kappa shape index (κ2) is 10.6. The highest BCUT2D eigenvalue weighted by atomic mass is 35.5. The summed E-state index contributed by atoms with van der Waals surface area (Å²) in [7, 11) is 0. The van der Waals surface area contributed by atoms with Crippen LogP contribution in [-0.2, 0) is 12.8 Å². The van der Waals surface area contributed by atoms with E-state index in [1.165, 1.54) is 15.1 Å². The molecule has 0 saturated carbocycles. The quantitative estimate of drug-likeness (QED) is 0.253. The number of halogens is 2.